The lowest BCUT2D eigenvalue weighted by molar-refractivity contribution is 0.153. The lowest BCUT2D eigenvalue weighted by Crippen LogP contribution is -2.26. The van der Waals surface area contributed by atoms with E-state index >= 15 is 0 Å². The molecule has 0 saturated carbocycles. The summed E-state index contributed by atoms with van der Waals surface area (Å²) in [4.78, 5) is 1.07. The van der Waals surface area contributed by atoms with Gasteiger partial charge in [-0.2, -0.15) is 0 Å². The van der Waals surface area contributed by atoms with Gasteiger partial charge in [0.2, 0.25) is 10.0 Å². The number of rotatable bonds is 10. The zero-order chi connectivity index (χ0) is 15.0. The summed E-state index contributed by atoms with van der Waals surface area (Å²) >= 11 is 1.33. The first kappa shape index (κ1) is 17.6. The van der Waals surface area contributed by atoms with Crippen molar-refractivity contribution in [1.82, 2.24) is 10.0 Å². The van der Waals surface area contributed by atoms with Gasteiger partial charge in [-0.3, -0.25) is 0 Å². The second-order valence-electron chi connectivity index (χ2n) is 4.44. The second kappa shape index (κ2) is 8.74. The zero-order valence-electron chi connectivity index (χ0n) is 12.4. The van der Waals surface area contributed by atoms with Crippen molar-refractivity contribution in [2.45, 2.75) is 37.9 Å². The predicted molar refractivity (Wildman–Crippen MR) is 82.7 cm³/mol. The summed E-state index contributed by atoms with van der Waals surface area (Å²) in [6.45, 7) is 8.87. The van der Waals surface area contributed by atoms with Crippen molar-refractivity contribution in [3.63, 3.8) is 0 Å². The van der Waals surface area contributed by atoms with E-state index in [4.69, 9.17) is 4.74 Å². The monoisotopic (exact) mass is 320 g/mol. The highest BCUT2D eigenvalue weighted by Crippen LogP contribution is 2.25. The highest BCUT2D eigenvalue weighted by Gasteiger charge is 2.18. The Kier molecular flexibility index (Phi) is 7.68. The topological polar surface area (TPSA) is 67.4 Å². The molecule has 1 aromatic rings. The summed E-state index contributed by atoms with van der Waals surface area (Å²) in [5.74, 6) is 0. The summed E-state index contributed by atoms with van der Waals surface area (Å²) < 4.78 is 32.3. The Hall–Kier alpha value is -0.470. The number of hydrogen-bond donors (Lipinski definition) is 2. The molecule has 0 unspecified atom stereocenters. The molecule has 0 saturated heterocycles. The van der Waals surface area contributed by atoms with Crippen molar-refractivity contribution in [3.05, 3.63) is 16.5 Å². The van der Waals surface area contributed by atoms with Gasteiger partial charge in [-0.05, 0) is 38.4 Å². The van der Waals surface area contributed by atoms with Gasteiger partial charge in [0.25, 0.3) is 0 Å². The van der Waals surface area contributed by atoms with E-state index in [-0.39, 0.29) is 0 Å². The first-order chi connectivity index (χ1) is 9.51. The van der Waals surface area contributed by atoms with Gasteiger partial charge >= 0.3 is 0 Å². The van der Waals surface area contributed by atoms with Gasteiger partial charge in [-0.1, -0.05) is 6.92 Å². The number of nitrogens with one attached hydrogen (secondary N) is 2. The molecule has 0 radical (unpaired) electrons. The lowest BCUT2D eigenvalue weighted by atomic mass is 10.3. The SMILES string of the molecule is CCCNCc1sc(S(=O)(=O)NCCOCC)cc1C. The van der Waals surface area contributed by atoms with E-state index in [2.05, 4.69) is 17.0 Å². The van der Waals surface area contributed by atoms with E-state index in [0.29, 0.717) is 24.0 Å². The van der Waals surface area contributed by atoms with Crippen LogP contribution in [0.5, 0.6) is 0 Å². The summed E-state index contributed by atoms with van der Waals surface area (Å²) in [5, 5.41) is 3.29. The summed E-state index contributed by atoms with van der Waals surface area (Å²) in [5.41, 5.74) is 1.02. The lowest BCUT2D eigenvalue weighted by Gasteiger charge is -2.04. The Labute approximate surface area is 125 Å². The highest BCUT2D eigenvalue weighted by molar-refractivity contribution is 7.91. The Morgan fingerprint density at radius 2 is 2.05 bits per heavy atom. The molecule has 0 spiro atoms. The molecule has 0 aliphatic heterocycles. The fraction of sp³-hybridized carbons (Fsp3) is 0.692. The minimum Gasteiger partial charge on any atom is -0.380 e. The normalized spacial score (nSPS) is 11.9. The van der Waals surface area contributed by atoms with E-state index < -0.39 is 10.0 Å². The average molecular weight is 320 g/mol. The molecule has 0 aliphatic carbocycles. The Morgan fingerprint density at radius 3 is 2.70 bits per heavy atom. The van der Waals surface area contributed by atoms with Gasteiger partial charge in [0, 0.05) is 24.6 Å². The van der Waals surface area contributed by atoms with Crippen LogP contribution in [0.25, 0.3) is 0 Å². The third-order valence-electron chi connectivity index (χ3n) is 2.72. The molecule has 116 valence electrons. The minimum atomic E-state index is -3.41. The van der Waals surface area contributed by atoms with Crippen LogP contribution in [0.3, 0.4) is 0 Å². The smallest absolute Gasteiger partial charge is 0.250 e. The number of ether oxygens (including phenoxy) is 1. The minimum absolute atomic E-state index is 0.302. The van der Waals surface area contributed by atoms with Crippen molar-refractivity contribution in [1.29, 1.82) is 0 Å². The molecular formula is C13H24N2O3S2. The molecule has 0 amide bonds. The van der Waals surface area contributed by atoms with Crippen LogP contribution in [-0.2, 0) is 21.3 Å². The molecular weight excluding hydrogens is 296 g/mol. The van der Waals surface area contributed by atoms with Crippen molar-refractivity contribution in [2.24, 2.45) is 0 Å². The number of aryl methyl sites for hydroxylation is 1. The van der Waals surface area contributed by atoms with Crippen molar-refractivity contribution in [2.75, 3.05) is 26.3 Å². The molecule has 1 aromatic heterocycles. The first-order valence-corrected chi connectivity index (χ1v) is 9.18. The molecule has 0 fully saturated rings. The number of thiophene rings is 1. The maximum absolute atomic E-state index is 12.1. The molecule has 20 heavy (non-hydrogen) atoms. The zero-order valence-corrected chi connectivity index (χ0v) is 14.0. The highest BCUT2D eigenvalue weighted by atomic mass is 32.2. The van der Waals surface area contributed by atoms with Crippen molar-refractivity contribution >= 4 is 21.4 Å². The van der Waals surface area contributed by atoms with Gasteiger partial charge in [0.05, 0.1) is 6.61 Å². The third kappa shape index (κ3) is 5.49. The van der Waals surface area contributed by atoms with Crippen LogP contribution in [0.4, 0.5) is 0 Å². The second-order valence-corrected chi connectivity index (χ2v) is 7.57. The standard InChI is InChI=1S/C13H24N2O3S2/c1-4-6-14-10-12-11(3)9-13(19-12)20(16,17)15-7-8-18-5-2/h9,14-15H,4-8,10H2,1-3H3. The van der Waals surface area contributed by atoms with Crippen LogP contribution < -0.4 is 10.0 Å². The fourth-order valence-electron chi connectivity index (χ4n) is 1.64. The van der Waals surface area contributed by atoms with Crippen LogP contribution in [-0.4, -0.2) is 34.7 Å². The quantitative estimate of drug-likeness (QED) is 0.646. The maximum atomic E-state index is 12.1. The molecule has 0 aliphatic rings. The van der Waals surface area contributed by atoms with Crippen molar-refractivity contribution < 1.29 is 13.2 Å². The fourth-order valence-corrected chi connectivity index (χ4v) is 4.26. The molecule has 0 aromatic carbocycles. The van der Waals surface area contributed by atoms with Gasteiger partial charge in [0.1, 0.15) is 4.21 Å². The number of hydrogen-bond acceptors (Lipinski definition) is 5. The van der Waals surface area contributed by atoms with Crippen LogP contribution >= 0.6 is 11.3 Å². The summed E-state index contributed by atoms with van der Waals surface area (Å²) in [6.07, 6.45) is 1.06. The van der Waals surface area contributed by atoms with E-state index in [1.54, 1.807) is 6.07 Å². The van der Waals surface area contributed by atoms with Crippen LogP contribution in [0.15, 0.2) is 10.3 Å². The third-order valence-corrected chi connectivity index (χ3v) is 5.89. The average Bonchev–Trinajstić information content (AvgIpc) is 2.78. The van der Waals surface area contributed by atoms with Gasteiger partial charge in [-0.15, -0.1) is 11.3 Å². The van der Waals surface area contributed by atoms with Gasteiger partial charge in [-0.25, -0.2) is 13.1 Å². The van der Waals surface area contributed by atoms with E-state index in [0.717, 1.165) is 30.0 Å². The molecule has 2 N–H and O–H groups in total. The van der Waals surface area contributed by atoms with Crippen molar-refractivity contribution in [3.8, 4) is 0 Å². The largest absolute Gasteiger partial charge is 0.380 e. The van der Waals surface area contributed by atoms with Crippen LogP contribution in [0.2, 0.25) is 0 Å². The van der Waals surface area contributed by atoms with Crippen LogP contribution in [0.1, 0.15) is 30.7 Å². The summed E-state index contributed by atoms with van der Waals surface area (Å²) in [6, 6.07) is 1.73. The molecule has 5 nitrogen and oxygen atoms in total. The molecule has 1 rings (SSSR count). The molecule has 0 atom stereocenters. The number of sulfonamides is 1. The molecule has 1 heterocycles. The summed E-state index contributed by atoms with van der Waals surface area (Å²) in [7, 11) is -3.41. The Morgan fingerprint density at radius 1 is 1.30 bits per heavy atom. The van der Waals surface area contributed by atoms with Gasteiger partial charge < -0.3 is 10.1 Å². The Bertz CT molecular complexity index is 498. The predicted octanol–water partition coefficient (Wildman–Crippen LogP) is 1.87. The maximum Gasteiger partial charge on any atom is 0.250 e. The Balaban J connectivity index is 2.63. The van der Waals surface area contributed by atoms with E-state index in [9.17, 15) is 8.42 Å². The molecule has 7 heteroatoms. The van der Waals surface area contributed by atoms with E-state index in [1.807, 2.05) is 13.8 Å². The molecule has 0 bridgehead atoms. The van der Waals surface area contributed by atoms with Crippen LogP contribution in [0, 0.1) is 6.92 Å². The van der Waals surface area contributed by atoms with E-state index in [1.165, 1.54) is 11.3 Å². The first-order valence-electron chi connectivity index (χ1n) is 6.88. The van der Waals surface area contributed by atoms with Gasteiger partial charge in [0.15, 0.2) is 0 Å².